The fourth-order valence-corrected chi connectivity index (χ4v) is 6.17. The molecule has 2 aliphatic rings. The second-order valence-corrected chi connectivity index (χ2v) is 12.6. The highest BCUT2D eigenvalue weighted by Gasteiger charge is 2.22. The van der Waals surface area contributed by atoms with E-state index in [2.05, 4.69) is 31.7 Å². The minimum absolute atomic E-state index is 0. The lowest BCUT2D eigenvalue weighted by Crippen LogP contribution is -2.49. The molecule has 2 atom stereocenters. The number of anilines is 2. The molecule has 0 aromatic heterocycles. The molecule has 274 valence electrons. The van der Waals surface area contributed by atoms with Crippen molar-refractivity contribution in [3.63, 3.8) is 0 Å². The maximum absolute atomic E-state index is 12.4. The van der Waals surface area contributed by atoms with Crippen LogP contribution in [0.15, 0.2) is 66.7 Å². The Kier molecular flexibility index (Phi) is 20.4. The predicted octanol–water partition coefficient (Wildman–Crippen LogP) is 6.01. The van der Waals surface area contributed by atoms with E-state index in [1.54, 1.807) is 18.2 Å². The van der Waals surface area contributed by atoms with Gasteiger partial charge in [0.05, 0.1) is 5.56 Å². The van der Waals surface area contributed by atoms with Crippen LogP contribution in [-0.2, 0) is 0 Å². The van der Waals surface area contributed by atoms with Crippen molar-refractivity contribution in [1.29, 1.82) is 0 Å². The Balaban J connectivity index is 0.00000300. The van der Waals surface area contributed by atoms with Gasteiger partial charge in [0.2, 0.25) is 0 Å². The molecular formula is C34H46Cl6N4O5. The molecule has 2 heterocycles. The number of benzene rings is 3. The largest absolute Gasteiger partial charge is 0.491 e. The van der Waals surface area contributed by atoms with Crippen LogP contribution in [0.1, 0.15) is 17.3 Å². The van der Waals surface area contributed by atoms with Gasteiger partial charge in [0.15, 0.2) is 5.78 Å². The van der Waals surface area contributed by atoms with E-state index in [9.17, 15) is 15.0 Å². The maximum atomic E-state index is 12.4. The lowest BCUT2D eigenvalue weighted by atomic mass is 10.1. The lowest BCUT2D eigenvalue weighted by molar-refractivity contribution is 0.0644. The first-order valence-corrected chi connectivity index (χ1v) is 16.2. The average molecular weight is 803 g/mol. The zero-order chi connectivity index (χ0) is 31.8. The molecular weight excluding hydrogens is 757 g/mol. The number of carbonyl (C=O) groups is 1. The van der Waals surface area contributed by atoms with Crippen molar-refractivity contribution in [3.05, 3.63) is 82.3 Å². The monoisotopic (exact) mass is 800 g/mol. The van der Waals surface area contributed by atoms with Crippen molar-refractivity contribution in [1.82, 2.24) is 9.80 Å². The highest BCUT2D eigenvalue weighted by atomic mass is 35.5. The van der Waals surface area contributed by atoms with Crippen LogP contribution in [0, 0.1) is 0 Å². The second-order valence-electron chi connectivity index (χ2n) is 11.7. The van der Waals surface area contributed by atoms with Crippen molar-refractivity contribution >= 4 is 90.0 Å². The molecule has 2 N–H and O–H groups in total. The average Bonchev–Trinajstić information content (AvgIpc) is 3.03. The second kappa shape index (κ2) is 22.1. The van der Waals surface area contributed by atoms with Crippen molar-refractivity contribution in [2.24, 2.45) is 0 Å². The fraction of sp³-hybridized carbons (Fsp3) is 0.441. The molecule has 15 heteroatoms. The quantitative estimate of drug-likeness (QED) is 0.202. The SMILES string of the molecule is CC(=O)c1cc(OCC(O)CN2CCN(c3cccc(Cl)c3)CC2)ccc1OCC(O)CN1CCN(c2cccc(Cl)c2)CC1.Cl.Cl.Cl.Cl. The number of hydrogen-bond acceptors (Lipinski definition) is 9. The first kappa shape index (κ1) is 45.1. The summed E-state index contributed by atoms with van der Waals surface area (Å²) in [6.45, 7) is 9.32. The number of nitrogens with zero attached hydrogens (tertiary/aromatic N) is 4. The van der Waals surface area contributed by atoms with Gasteiger partial charge >= 0.3 is 0 Å². The number of aliphatic hydroxyl groups is 2. The summed E-state index contributed by atoms with van der Waals surface area (Å²) in [5.41, 5.74) is 2.59. The number of β-amino-alcohol motifs (C(OH)–C–C–N with tert-alkyl or cyclic N) is 2. The van der Waals surface area contributed by atoms with Gasteiger partial charge in [0.1, 0.15) is 36.9 Å². The number of Topliss-reactive ketones (excluding diaryl/α,β-unsaturated/α-hetero) is 1. The van der Waals surface area contributed by atoms with Crippen LogP contribution in [0.3, 0.4) is 0 Å². The Morgan fingerprint density at radius 2 is 1.12 bits per heavy atom. The molecule has 0 spiro atoms. The number of rotatable bonds is 13. The molecule has 3 aromatic carbocycles. The van der Waals surface area contributed by atoms with Gasteiger partial charge in [-0.25, -0.2) is 0 Å². The van der Waals surface area contributed by atoms with Gasteiger partial charge in [-0.05, 0) is 61.5 Å². The lowest BCUT2D eigenvalue weighted by Gasteiger charge is -2.37. The third-order valence-electron chi connectivity index (χ3n) is 8.23. The van der Waals surface area contributed by atoms with E-state index < -0.39 is 12.2 Å². The third-order valence-corrected chi connectivity index (χ3v) is 8.70. The Labute approximate surface area is 324 Å². The molecule has 5 rings (SSSR count). The number of ketones is 1. The summed E-state index contributed by atoms with van der Waals surface area (Å²) < 4.78 is 11.7. The van der Waals surface area contributed by atoms with Gasteiger partial charge in [0.25, 0.3) is 0 Å². The molecule has 9 nitrogen and oxygen atoms in total. The van der Waals surface area contributed by atoms with Gasteiger partial charge < -0.3 is 29.5 Å². The number of piperazine rings is 2. The van der Waals surface area contributed by atoms with Crippen molar-refractivity contribution < 1.29 is 24.5 Å². The Bertz CT molecular complexity index is 1430. The number of aliphatic hydroxyl groups excluding tert-OH is 2. The number of carbonyl (C=O) groups excluding carboxylic acids is 1. The van der Waals surface area contributed by atoms with Crippen LogP contribution in [0.2, 0.25) is 10.0 Å². The van der Waals surface area contributed by atoms with Gasteiger partial charge in [-0.1, -0.05) is 35.3 Å². The molecule has 2 fully saturated rings. The van der Waals surface area contributed by atoms with E-state index in [4.69, 9.17) is 32.7 Å². The Hall–Kier alpha value is -1.89. The zero-order valence-corrected chi connectivity index (χ0v) is 32.1. The van der Waals surface area contributed by atoms with E-state index in [1.165, 1.54) is 6.92 Å². The van der Waals surface area contributed by atoms with Crippen LogP contribution in [0.5, 0.6) is 11.5 Å². The molecule has 0 aliphatic carbocycles. The highest BCUT2D eigenvalue weighted by Crippen LogP contribution is 2.26. The van der Waals surface area contributed by atoms with Crippen molar-refractivity contribution in [2.75, 3.05) is 88.5 Å². The van der Waals surface area contributed by atoms with Gasteiger partial charge in [-0.3, -0.25) is 14.6 Å². The van der Waals surface area contributed by atoms with E-state index in [0.717, 1.165) is 73.8 Å². The summed E-state index contributed by atoms with van der Waals surface area (Å²) in [6.07, 6.45) is -1.39. The smallest absolute Gasteiger partial charge is 0.163 e. The maximum Gasteiger partial charge on any atom is 0.163 e. The molecule has 2 aliphatic heterocycles. The Morgan fingerprint density at radius 3 is 1.55 bits per heavy atom. The first-order valence-electron chi connectivity index (χ1n) is 15.5. The third kappa shape index (κ3) is 13.6. The minimum Gasteiger partial charge on any atom is -0.491 e. The molecule has 0 radical (unpaired) electrons. The van der Waals surface area contributed by atoms with Crippen molar-refractivity contribution in [3.8, 4) is 11.5 Å². The predicted molar refractivity (Wildman–Crippen MR) is 209 cm³/mol. The summed E-state index contributed by atoms with van der Waals surface area (Å²) in [6, 6.07) is 20.8. The topological polar surface area (TPSA) is 89.0 Å². The summed E-state index contributed by atoms with van der Waals surface area (Å²) in [7, 11) is 0. The van der Waals surface area contributed by atoms with Crippen LogP contribution >= 0.6 is 72.8 Å². The highest BCUT2D eigenvalue weighted by molar-refractivity contribution is 6.31. The molecule has 49 heavy (non-hydrogen) atoms. The molecule has 2 saturated heterocycles. The molecule has 0 saturated carbocycles. The molecule has 0 bridgehead atoms. The number of ether oxygens (including phenoxy) is 2. The summed E-state index contributed by atoms with van der Waals surface area (Å²) >= 11 is 12.3. The van der Waals surface area contributed by atoms with E-state index >= 15 is 0 Å². The molecule has 0 amide bonds. The van der Waals surface area contributed by atoms with Crippen LogP contribution in [0.4, 0.5) is 11.4 Å². The van der Waals surface area contributed by atoms with Gasteiger partial charge in [0, 0.05) is 86.9 Å². The first-order chi connectivity index (χ1) is 21.7. The number of hydrogen-bond donors (Lipinski definition) is 2. The molecule has 2 unspecified atom stereocenters. The number of halogens is 6. The van der Waals surface area contributed by atoms with Crippen LogP contribution in [0.25, 0.3) is 0 Å². The zero-order valence-electron chi connectivity index (χ0n) is 27.3. The summed E-state index contributed by atoms with van der Waals surface area (Å²) in [4.78, 5) is 21.4. The van der Waals surface area contributed by atoms with Gasteiger partial charge in [-0.2, -0.15) is 0 Å². The molecule has 3 aromatic rings. The fourth-order valence-electron chi connectivity index (χ4n) is 5.80. The van der Waals surface area contributed by atoms with Gasteiger partial charge in [-0.15, -0.1) is 49.6 Å². The van der Waals surface area contributed by atoms with Crippen LogP contribution < -0.4 is 19.3 Å². The van der Waals surface area contributed by atoms with E-state index in [1.807, 2.05) is 36.4 Å². The minimum atomic E-state index is -0.707. The van der Waals surface area contributed by atoms with Crippen LogP contribution in [-0.4, -0.2) is 117 Å². The standard InChI is InChI=1S/C34H42Cl2N4O5.4ClH/c1-25(41)33-20-32(44-23-30(42)21-37-10-14-39(15-11-37)28-6-2-4-26(35)18-28)8-9-34(33)45-24-31(43)22-38-12-16-40(17-13-38)29-7-3-5-27(36)19-29;;;;/h2-9,18-20,30-31,42-43H,10-17,21-24H2,1H3;4*1H. The Morgan fingerprint density at radius 1 is 0.673 bits per heavy atom. The van der Waals surface area contributed by atoms with E-state index in [-0.39, 0.29) is 68.6 Å². The normalized spacial score (nSPS) is 16.2. The summed E-state index contributed by atoms with van der Waals surface area (Å²) in [5, 5.41) is 22.8. The summed E-state index contributed by atoms with van der Waals surface area (Å²) in [5.74, 6) is 0.716. The van der Waals surface area contributed by atoms with Crippen molar-refractivity contribution in [2.45, 2.75) is 19.1 Å². The van der Waals surface area contributed by atoms with E-state index in [0.29, 0.717) is 30.2 Å².